The van der Waals surface area contributed by atoms with Gasteiger partial charge in [0.25, 0.3) is 5.91 Å². The molecule has 1 aliphatic heterocycles. The van der Waals surface area contributed by atoms with Crippen LogP contribution in [0, 0.1) is 0 Å². The lowest BCUT2D eigenvalue weighted by Crippen LogP contribution is -2.25. The number of fused-ring (bicyclic) bond motifs is 4. The van der Waals surface area contributed by atoms with Crippen molar-refractivity contribution in [1.29, 1.82) is 0 Å². The van der Waals surface area contributed by atoms with Gasteiger partial charge in [-0.3, -0.25) is 4.79 Å². The van der Waals surface area contributed by atoms with E-state index in [0.717, 1.165) is 0 Å². The molecule has 1 amide bonds. The van der Waals surface area contributed by atoms with Gasteiger partial charge in [-0.25, -0.2) is 4.79 Å². The first-order chi connectivity index (χ1) is 10.1. The molecule has 1 aromatic heterocycles. The van der Waals surface area contributed by atoms with Crippen molar-refractivity contribution >= 4 is 33.3 Å². The second-order valence-corrected chi connectivity index (χ2v) is 4.80. The zero-order valence-corrected chi connectivity index (χ0v) is 10.7. The van der Waals surface area contributed by atoms with Gasteiger partial charge in [-0.05, 0) is 24.3 Å². The van der Waals surface area contributed by atoms with Gasteiger partial charge in [-0.15, -0.1) is 0 Å². The van der Waals surface area contributed by atoms with Gasteiger partial charge in [0.2, 0.25) is 0 Å². The third kappa shape index (κ3) is 1.73. The number of carbonyl (C=O) groups excluding carboxylic acids is 1. The number of phenolic OH excluding ortho intramolecular Hbond substituents is 1. The van der Waals surface area contributed by atoms with E-state index < -0.39 is 5.63 Å². The van der Waals surface area contributed by atoms with E-state index in [9.17, 15) is 14.7 Å². The van der Waals surface area contributed by atoms with Gasteiger partial charge >= 0.3 is 5.63 Å². The van der Waals surface area contributed by atoms with Crippen molar-refractivity contribution in [3.05, 3.63) is 40.8 Å². The van der Waals surface area contributed by atoms with Gasteiger partial charge in [0.05, 0.1) is 11.1 Å². The molecule has 2 aromatic carbocycles. The fourth-order valence-electron chi connectivity index (χ4n) is 2.49. The van der Waals surface area contributed by atoms with Crippen molar-refractivity contribution in [2.75, 3.05) is 11.9 Å². The number of nitrogens with one attached hydrogen (secondary N) is 1. The summed E-state index contributed by atoms with van der Waals surface area (Å²) in [6.45, 7) is -0.0569. The molecule has 0 radical (unpaired) electrons. The molecular formula is C15H9NO5. The number of phenols is 1. The van der Waals surface area contributed by atoms with Gasteiger partial charge in [0, 0.05) is 16.8 Å². The van der Waals surface area contributed by atoms with E-state index in [1.165, 1.54) is 12.1 Å². The fourth-order valence-corrected chi connectivity index (χ4v) is 2.49. The zero-order valence-electron chi connectivity index (χ0n) is 10.7. The Morgan fingerprint density at radius 3 is 2.76 bits per heavy atom. The summed E-state index contributed by atoms with van der Waals surface area (Å²) in [6, 6.07) is 7.81. The molecule has 6 nitrogen and oxygen atoms in total. The topological polar surface area (TPSA) is 88.8 Å². The Bertz CT molecular complexity index is 973. The van der Waals surface area contributed by atoms with Crippen LogP contribution >= 0.6 is 0 Å². The Labute approximate surface area is 117 Å². The van der Waals surface area contributed by atoms with Crippen LogP contribution in [-0.4, -0.2) is 17.6 Å². The standard InChI is InChI=1S/C15H9NO5/c17-7-1-2-8-9-5-13-11(16-14(18)6-20-13)4-10(9)15(19)21-12(8)3-7/h1-5,17H,6H2,(H,16,18). The lowest BCUT2D eigenvalue weighted by molar-refractivity contribution is -0.118. The third-order valence-electron chi connectivity index (χ3n) is 3.43. The number of hydrogen-bond acceptors (Lipinski definition) is 5. The Morgan fingerprint density at radius 2 is 1.90 bits per heavy atom. The first kappa shape index (κ1) is 11.8. The summed E-state index contributed by atoms with van der Waals surface area (Å²) in [4.78, 5) is 23.4. The Kier molecular flexibility index (Phi) is 2.24. The highest BCUT2D eigenvalue weighted by Crippen LogP contribution is 2.35. The van der Waals surface area contributed by atoms with Crippen LogP contribution in [0.25, 0.3) is 21.7 Å². The van der Waals surface area contributed by atoms with Crippen LogP contribution in [-0.2, 0) is 4.79 Å². The molecule has 0 bridgehead atoms. The number of hydrogen-bond donors (Lipinski definition) is 2. The number of amides is 1. The van der Waals surface area contributed by atoms with E-state index in [0.29, 0.717) is 33.2 Å². The predicted molar refractivity (Wildman–Crippen MR) is 75.8 cm³/mol. The molecule has 0 atom stereocenters. The average molecular weight is 283 g/mol. The minimum Gasteiger partial charge on any atom is -0.508 e. The molecule has 0 spiro atoms. The van der Waals surface area contributed by atoms with Gasteiger partial charge < -0.3 is 19.6 Å². The van der Waals surface area contributed by atoms with Crippen LogP contribution in [0.1, 0.15) is 0 Å². The Balaban J connectivity index is 2.13. The highest BCUT2D eigenvalue weighted by atomic mass is 16.5. The van der Waals surface area contributed by atoms with E-state index in [1.54, 1.807) is 18.2 Å². The molecule has 3 aromatic rings. The molecule has 2 N–H and O–H groups in total. The van der Waals surface area contributed by atoms with E-state index in [1.807, 2.05) is 0 Å². The first-order valence-corrected chi connectivity index (χ1v) is 6.28. The van der Waals surface area contributed by atoms with E-state index in [2.05, 4.69) is 5.32 Å². The number of rotatable bonds is 0. The molecule has 21 heavy (non-hydrogen) atoms. The van der Waals surface area contributed by atoms with Gasteiger partial charge in [0.15, 0.2) is 6.61 Å². The maximum absolute atomic E-state index is 12.1. The molecule has 104 valence electrons. The van der Waals surface area contributed by atoms with Crippen molar-refractivity contribution in [3.8, 4) is 11.5 Å². The fraction of sp³-hybridized carbons (Fsp3) is 0.0667. The quantitative estimate of drug-likeness (QED) is 0.486. The van der Waals surface area contributed by atoms with Gasteiger partial charge in [-0.1, -0.05) is 0 Å². The second-order valence-electron chi connectivity index (χ2n) is 4.80. The largest absolute Gasteiger partial charge is 0.508 e. The molecule has 0 unspecified atom stereocenters. The van der Waals surface area contributed by atoms with Crippen LogP contribution in [0.2, 0.25) is 0 Å². The monoisotopic (exact) mass is 283 g/mol. The number of aromatic hydroxyl groups is 1. The molecule has 4 rings (SSSR count). The number of ether oxygens (including phenoxy) is 1. The summed E-state index contributed by atoms with van der Waals surface area (Å²) >= 11 is 0. The maximum Gasteiger partial charge on any atom is 0.344 e. The van der Waals surface area contributed by atoms with E-state index in [-0.39, 0.29) is 18.3 Å². The van der Waals surface area contributed by atoms with Crippen LogP contribution in [0.3, 0.4) is 0 Å². The zero-order chi connectivity index (χ0) is 14.6. The summed E-state index contributed by atoms with van der Waals surface area (Å²) in [5, 5.41) is 13.8. The smallest absolute Gasteiger partial charge is 0.344 e. The molecule has 0 aliphatic carbocycles. The lowest BCUT2D eigenvalue weighted by atomic mass is 10.1. The minimum absolute atomic E-state index is 0.0199. The van der Waals surface area contributed by atoms with Crippen molar-refractivity contribution in [1.82, 2.24) is 0 Å². The molecule has 6 heteroatoms. The summed E-state index contributed by atoms with van der Waals surface area (Å²) in [5.41, 5.74) is 0.210. The highest BCUT2D eigenvalue weighted by molar-refractivity contribution is 6.08. The Hall–Kier alpha value is -3.02. The molecule has 0 fully saturated rings. The van der Waals surface area contributed by atoms with Crippen LogP contribution in [0.15, 0.2) is 39.5 Å². The van der Waals surface area contributed by atoms with Crippen LogP contribution in [0.4, 0.5) is 5.69 Å². The van der Waals surface area contributed by atoms with Gasteiger partial charge in [0.1, 0.15) is 17.1 Å². The number of anilines is 1. The van der Waals surface area contributed by atoms with E-state index in [4.69, 9.17) is 9.15 Å². The molecule has 0 saturated carbocycles. The second kappa shape index (κ2) is 3.99. The molecule has 2 heterocycles. The maximum atomic E-state index is 12.1. The summed E-state index contributed by atoms with van der Waals surface area (Å²) in [7, 11) is 0. The van der Waals surface area contributed by atoms with Crippen molar-refractivity contribution in [3.63, 3.8) is 0 Å². The highest BCUT2D eigenvalue weighted by Gasteiger charge is 2.19. The lowest BCUT2D eigenvalue weighted by Gasteiger charge is -2.18. The number of carbonyl (C=O) groups is 1. The first-order valence-electron chi connectivity index (χ1n) is 6.28. The van der Waals surface area contributed by atoms with Crippen molar-refractivity contribution in [2.45, 2.75) is 0 Å². The third-order valence-corrected chi connectivity index (χ3v) is 3.43. The summed E-state index contributed by atoms with van der Waals surface area (Å²) < 4.78 is 10.6. The normalized spacial score (nSPS) is 13.8. The Morgan fingerprint density at radius 1 is 1.05 bits per heavy atom. The van der Waals surface area contributed by atoms with Crippen LogP contribution < -0.4 is 15.7 Å². The SMILES string of the molecule is O=C1COc2cc3c(cc2N1)c(=O)oc1cc(O)ccc13. The molecular weight excluding hydrogens is 274 g/mol. The number of benzene rings is 2. The van der Waals surface area contributed by atoms with Gasteiger partial charge in [-0.2, -0.15) is 0 Å². The van der Waals surface area contributed by atoms with Crippen molar-refractivity contribution in [2.24, 2.45) is 0 Å². The molecule has 1 aliphatic rings. The average Bonchev–Trinajstić information content (AvgIpc) is 2.45. The predicted octanol–water partition coefficient (Wildman–Crippen LogP) is 1.98. The summed E-state index contributed by atoms with van der Waals surface area (Å²) in [6.07, 6.45) is 0. The van der Waals surface area contributed by atoms with Crippen molar-refractivity contribution < 1.29 is 19.1 Å². The van der Waals surface area contributed by atoms with Crippen LogP contribution in [0.5, 0.6) is 11.5 Å². The summed E-state index contributed by atoms with van der Waals surface area (Å²) in [5.74, 6) is 0.255. The molecule has 0 saturated heterocycles. The van der Waals surface area contributed by atoms with E-state index >= 15 is 0 Å². The minimum atomic E-state index is -0.536.